The second-order valence-corrected chi connectivity index (χ2v) is 11.9. The fraction of sp³-hybridized carbons (Fsp3) is 0.462. The first-order valence-corrected chi connectivity index (χ1v) is 13.0. The molecule has 5 nitrogen and oxygen atoms in total. The van der Waals surface area contributed by atoms with Gasteiger partial charge in [0.2, 0.25) is 5.91 Å². The van der Waals surface area contributed by atoms with E-state index in [1.54, 1.807) is 43.7 Å². The summed E-state index contributed by atoms with van der Waals surface area (Å²) in [4.78, 5) is 29.2. The number of halogens is 4. The van der Waals surface area contributed by atoms with Crippen LogP contribution in [-0.2, 0) is 21.5 Å². The van der Waals surface area contributed by atoms with E-state index in [9.17, 15) is 18.4 Å². The van der Waals surface area contributed by atoms with E-state index < -0.39 is 28.7 Å². The molecule has 2 amide bonds. The van der Waals surface area contributed by atoms with Crippen LogP contribution in [0.4, 0.5) is 13.6 Å². The Kier molecular flexibility index (Phi) is 8.63. The SMILES string of the molecule is CN(Cc1cc(Br)cc(Br)c1)C(=O)CC1(c2ccc(F)c(F)c2)CCN(C(=O)OC(C)(C)C)CC1. The number of ether oxygens (including phenoxy) is 1. The van der Waals surface area contributed by atoms with Crippen LogP contribution in [0.5, 0.6) is 0 Å². The van der Waals surface area contributed by atoms with Crippen LogP contribution >= 0.6 is 31.9 Å². The molecule has 190 valence electrons. The Bertz CT molecular complexity index is 1080. The summed E-state index contributed by atoms with van der Waals surface area (Å²) in [5, 5.41) is 0. The van der Waals surface area contributed by atoms with E-state index in [1.807, 2.05) is 18.2 Å². The van der Waals surface area contributed by atoms with Crippen LogP contribution in [0.1, 0.15) is 51.2 Å². The van der Waals surface area contributed by atoms with E-state index in [4.69, 9.17) is 4.74 Å². The normalized spacial score (nSPS) is 15.6. The summed E-state index contributed by atoms with van der Waals surface area (Å²) in [5.74, 6) is -1.99. The highest BCUT2D eigenvalue weighted by molar-refractivity contribution is 9.11. The number of carbonyl (C=O) groups is 2. The summed E-state index contributed by atoms with van der Waals surface area (Å²) in [6.45, 7) is 6.51. The third-order valence-electron chi connectivity index (χ3n) is 6.16. The lowest BCUT2D eigenvalue weighted by Crippen LogP contribution is -2.48. The maximum absolute atomic E-state index is 14.2. The van der Waals surface area contributed by atoms with Gasteiger partial charge in [-0.05, 0) is 75.1 Å². The smallest absolute Gasteiger partial charge is 0.410 e. The molecule has 0 saturated carbocycles. The second kappa shape index (κ2) is 10.9. The van der Waals surface area contributed by atoms with E-state index in [0.29, 0.717) is 38.0 Å². The van der Waals surface area contributed by atoms with Gasteiger partial charge in [-0.1, -0.05) is 37.9 Å². The molecule has 2 aromatic rings. The van der Waals surface area contributed by atoms with Gasteiger partial charge in [-0.2, -0.15) is 0 Å². The van der Waals surface area contributed by atoms with Crippen LogP contribution in [0.15, 0.2) is 45.3 Å². The van der Waals surface area contributed by atoms with Crippen LogP contribution in [-0.4, -0.2) is 47.5 Å². The molecule has 1 aliphatic heterocycles. The molecule has 0 unspecified atom stereocenters. The number of rotatable bonds is 5. The summed E-state index contributed by atoms with van der Waals surface area (Å²) in [5.41, 5.74) is 0.165. The number of benzene rings is 2. The summed E-state index contributed by atoms with van der Waals surface area (Å²) in [6, 6.07) is 9.62. The summed E-state index contributed by atoms with van der Waals surface area (Å²) in [7, 11) is 1.73. The van der Waals surface area contributed by atoms with Gasteiger partial charge >= 0.3 is 6.09 Å². The maximum atomic E-state index is 14.2. The lowest BCUT2D eigenvalue weighted by Gasteiger charge is -2.42. The first kappa shape index (κ1) is 27.6. The number of amides is 2. The minimum atomic E-state index is -0.948. The average Bonchev–Trinajstić information content (AvgIpc) is 2.74. The molecule has 0 aliphatic carbocycles. The van der Waals surface area contributed by atoms with Gasteiger partial charge in [-0.15, -0.1) is 0 Å². The predicted molar refractivity (Wildman–Crippen MR) is 138 cm³/mol. The molecule has 0 atom stereocenters. The highest BCUT2D eigenvalue weighted by atomic mass is 79.9. The highest BCUT2D eigenvalue weighted by Crippen LogP contribution is 2.40. The molecule has 35 heavy (non-hydrogen) atoms. The standard InChI is InChI=1S/C26H30Br2F2N2O3/c1-25(2,3)35-24(34)32-9-7-26(8-10-32,18-5-6-21(29)22(30)13-18)15-23(33)31(4)16-17-11-19(27)14-20(28)12-17/h5-6,11-14H,7-10,15-16H2,1-4H3. The molecule has 0 radical (unpaired) electrons. The van der Waals surface area contributed by atoms with Crippen molar-refractivity contribution in [1.29, 1.82) is 0 Å². The van der Waals surface area contributed by atoms with E-state index in [-0.39, 0.29) is 12.3 Å². The van der Waals surface area contributed by atoms with Gasteiger partial charge in [0.05, 0.1) is 0 Å². The molecule has 9 heteroatoms. The number of hydrogen-bond acceptors (Lipinski definition) is 3. The molecule has 1 heterocycles. The maximum Gasteiger partial charge on any atom is 0.410 e. The van der Waals surface area contributed by atoms with Crippen molar-refractivity contribution < 1.29 is 23.1 Å². The summed E-state index contributed by atoms with van der Waals surface area (Å²) in [6.07, 6.45) is 0.560. The number of likely N-dealkylation sites (tertiary alicyclic amines) is 1. The Morgan fingerprint density at radius 2 is 1.63 bits per heavy atom. The Balaban J connectivity index is 1.81. The molecule has 0 N–H and O–H groups in total. The third kappa shape index (κ3) is 7.26. The van der Waals surface area contributed by atoms with Crippen molar-refractivity contribution in [2.75, 3.05) is 20.1 Å². The van der Waals surface area contributed by atoms with Gasteiger partial charge < -0.3 is 14.5 Å². The van der Waals surface area contributed by atoms with Crippen LogP contribution < -0.4 is 0 Å². The Morgan fingerprint density at radius 1 is 1.03 bits per heavy atom. The summed E-state index contributed by atoms with van der Waals surface area (Å²) >= 11 is 6.93. The molecule has 3 rings (SSSR count). The van der Waals surface area contributed by atoms with Crippen molar-refractivity contribution in [1.82, 2.24) is 9.80 Å². The van der Waals surface area contributed by atoms with Crippen LogP contribution in [0.2, 0.25) is 0 Å². The van der Waals surface area contributed by atoms with Gasteiger partial charge in [-0.25, -0.2) is 13.6 Å². The first-order valence-electron chi connectivity index (χ1n) is 11.4. The van der Waals surface area contributed by atoms with E-state index >= 15 is 0 Å². The number of hydrogen-bond donors (Lipinski definition) is 0. The lowest BCUT2D eigenvalue weighted by atomic mass is 9.70. The highest BCUT2D eigenvalue weighted by Gasteiger charge is 2.41. The average molecular weight is 616 g/mol. The zero-order chi connectivity index (χ0) is 26.0. The minimum absolute atomic E-state index is 0.114. The second-order valence-electron chi connectivity index (χ2n) is 10.1. The predicted octanol–water partition coefficient (Wildman–Crippen LogP) is 6.81. The lowest BCUT2D eigenvalue weighted by molar-refractivity contribution is -0.132. The summed E-state index contributed by atoms with van der Waals surface area (Å²) < 4.78 is 35.2. The number of carbonyl (C=O) groups excluding carboxylic acids is 2. The molecule has 1 fully saturated rings. The largest absolute Gasteiger partial charge is 0.444 e. The van der Waals surface area contributed by atoms with Crippen LogP contribution in [0.3, 0.4) is 0 Å². The molecule has 0 spiro atoms. The zero-order valence-electron chi connectivity index (χ0n) is 20.3. The van der Waals surface area contributed by atoms with Gasteiger partial charge in [-0.3, -0.25) is 4.79 Å². The molecular formula is C26H30Br2F2N2O3. The van der Waals surface area contributed by atoms with E-state index in [1.165, 1.54) is 6.07 Å². The molecule has 0 aromatic heterocycles. The van der Waals surface area contributed by atoms with Crippen molar-refractivity contribution in [3.05, 3.63) is 68.1 Å². The molecule has 0 bridgehead atoms. The van der Waals surface area contributed by atoms with E-state index in [2.05, 4.69) is 31.9 Å². The minimum Gasteiger partial charge on any atom is -0.444 e. The number of nitrogens with zero attached hydrogens (tertiary/aromatic N) is 2. The molecular weight excluding hydrogens is 586 g/mol. The molecule has 1 aliphatic rings. The van der Waals surface area contributed by atoms with Gasteiger partial charge in [0.15, 0.2) is 11.6 Å². The van der Waals surface area contributed by atoms with Gasteiger partial charge in [0.25, 0.3) is 0 Å². The van der Waals surface area contributed by atoms with Crippen LogP contribution in [0.25, 0.3) is 0 Å². The van der Waals surface area contributed by atoms with Gasteiger partial charge in [0.1, 0.15) is 5.60 Å². The third-order valence-corrected chi connectivity index (χ3v) is 7.08. The van der Waals surface area contributed by atoms with Crippen molar-refractivity contribution in [2.24, 2.45) is 0 Å². The van der Waals surface area contributed by atoms with Crippen molar-refractivity contribution in [3.63, 3.8) is 0 Å². The van der Waals surface area contributed by atoms with Crippen molar-refractivity contribution in [3.8, 4) is 0 Å². The van der Waals surface area contributed by atoms with Crippen molar-refractivity contribution in [2.45, 2.75) is 57.6 Å². The number of piperidine rings is 1. The van der Waals surface area contributed by atoms with Crippen LogP contribution in [0, 0.1) is 11.6 Å². The Morgan fingerprint density at radius 3 is 2.17 bits per heavy atom. The fourth-order valence-corrected chi connectivity index (χ4v) is 5.71. The van der Waals surface area contributed by atoms with E-state index in [0.717, 1.165) is 20.6 Å². The van der Waals surface area contributed by atoms with Gasteiger partial charge in [0, 0.05) is 47.5 Å². The Hall–Kier alpha value is -2.00. The Labute approximate surface area is 222 Å². The fourth-order valence-electron chi connectivity index (χ4n) is 4.33. The quantitative estimate of drug-likeness (QED) is 0.371. The molecule has 1 saturated heterocycles. The topological polar surface area (TPSA) is 49.9 Å². The van der Waals surface area contributed by atoms with Crippen molar-refractivity contribution >= 4 is 43.9 Å². The zero-order valence-corrected chi connectivity index (χ0v) is 23.5. The first-order chi connectivity index (χ1) is 16.3. The monoisotopic (exact) mass is 614 g/mol. The molecule has 2 aromatic carbocycles.